The molecule has 0 bridgehead atoms. The summed E-state index contributed by atoms with van der Waals surface area (Å²) in [6.07, 6.45) is 12.0. The highest BCUT2D eigenvalue weighted by molar-refractivity contribution is 9.11. The van der Waals surface area contributed by atoms with E-state index < -0.39 is 60.1 Å². The Bertz CT molecular complexity index is 7190. The Morgan fingerprint density at radius 1 is 0.243 bits per heavy atom. The van der Waals surface area contributed by atoms with Gasteiger partial charge in [0.15, 0.2) is 13.5 Å². The standard InChI is InChI=1S/C16H14BrNO3S2.C16H15NO2S3.3C15H13BrN2O3S2.C15H14N2O2S3/c1-10-3-5-12(6-4-10)13-7-8-14(22-13)23(19,20)18-16-15(17)11(2)9-21-16;1-11-3-6-13(7-4-11)14-8-10-16(21-14)22(18,19)17-15-9-5-12(2)20-15;2*1-9-3-5-11(6-4-9)15-17-7-12(22-15)23(19,20)18-14-13(16)10(2)8-21-14;1-9-8-21-15(14(9)16)18-23(19,20)13-6-5-12(22-13)11-4-3-10(2)17-7-11;1-10-3-5-12(6-4-10)13-7-8-14(21-13)22(18,19)17-15-16-9-11(2)20-15/h3-9,18H,1-2H3;3-10,17H,1-2H3;3*3-8,18H,1-2H3;3-9H,1-2H3,(H,16,17). The summed E-state index contributed by atoms with van der Waals surface area (Å²) in [4.78, 5) is 22.3. The van der Waals surface area contributed by atoms with E-state index in [-0.39, 0.29) is 44.6 Å². The quantitative estimate of drug-likeness (QED) is 0.0327. The Balaban J connectivity index is 0.000000138. The molecule has 0 saturated carbocycles. The second-order valence-corrected chi connectivity index (χ2v) is 53.6. The van der Waals surface area contributed by atoms with Gasteiger partial charge in [-0.1, -0.05) is 155 Å². The number of nitrogens with zero attached hydrogens (tertiary/aromatic N) is 4. The van der Waals surface area contributed by atoms with Crippen molar-refractivity contribution in [1.29, 1.82) is 0 Å². The first-order chi connectivity index (χ1) is 64.3. The van der Waals surface area contributed by atoms with Crippen LogP contribution in [0.15, 0.2) is 305 Å². The Morgan fingerprint density at radius 2 is 0.529 bits per heavy atom. The number of aryl methyl sites for hydroxylation is 12. The number of pyridine rings is 1. The fourth-order valence-electron chi connectivity index (χ4n) is 11.6. The van der Waals surface area contributed by atoms with Crippen molar-refractivity contribution in [3.63, 3.8) is 0 Å². The number of nitrogens with one attached hydrogen (secondary N) is 6. The van der Waals surface area contributed by atoms with Gasteiger partial charge >= 0.3 is 0 Å². The average molecular weight is 2350 g/mol. The minimum atomic E-state index is -3.74. The summed E-state index contributed by atoms with van der Waals surface area (Å²) in [6, 6.07) is 60.8. The highest BCUT2D eigenvalue weighted by atomic mass is 79.9. The smallest absolute Gasteiger partial charge is 0.275 e. The van der Waals surface area contributed by atoms with Crippen LogP contribution in [0.5, 0.6) is 0 Å². The monoisotopic (exact) mass is 2350 g/mol. The molecule has 0 aliphatic rings. The Kier molecular flexibility index (Phi) is 33.9. The number of halogens is 4. The molecule has 0 spiro atoms. The van der Waals surface area contributed by atoms with Gasteiger partial charge in [0.05, 0.1) is 55.3 Å². The number of furan rings is 4. The summed E-state index contributed by atoms with van der Waals surface area (Å²) in [5.74, 6) is 0.683. The SMILES string of the molecule is Cc1ccc(-c2ccc(S(=O)(=O)Nc3ccc(C)s3)s2)cc1.Cc1ccc(-c2ccc(S(=O)(=O)Nc3ncc(C)s3)s2)cc1.Cc1ccc(-c2ccc(S(=O)(=O)Nc3occ(C)c3Br)s2)cc1.Cc1ccc(-c2ccc(S(=O)(=O)Nc3occ(C)c3Br)s2)cn1.Cc1ccc(-c2ncc(S(=O)(=O)Nc3occ(C)c3Br)s2)cc1.Cc1ccc(-c2ncc(S(=O)(=O)Nc3occ(C)c3Br)s2)cc1. The van der Waals surface area contributed by atoms with Crippen LogP contribution in [-0.2, 0) is 60.1 Å². The van der Waals surface area contributed by atoms with Crippen molar-refractivity contribution in [1.82, 2.24) is 19.9 Å². The van der Waals surface area contributed by atoms with Crippen molar-refractivity contribution in [3.05, 3.63) is 327 Å². The van der Waals surface area contributed by atoms with Crippen LogP contribution in [0.25, 0.3) is 62.9 Å². The van der Waals surface area contributed by atoms with Gasteiger partial charge in [0.1, 0.15) is 31.9 Å². The molecule has 0 fully saturated rings. The predicted octanol–water partition coefficient (Wildman–Crippen LogP) is 28.1. The van der Waals surface area contributed by atoms with Crippen LogP contribution in [0.2, 0.25) is 0 Å². The number of sulfonamides is 6. The molecule has 26 nitrogen and oxygen atoms in total. The molecule has 44 heteroatoms. The molecule has 136 heavy (non-hydrogen) atoms. The molecule has 18 aromatic rings. The van der Waals surface area contributed by atoms with Gasteiger partial charge in [-0.2, -0.15) is 0 Å². The molecule has 5 aromatic carbocycles. The lowest BCUT2D eigenvalue weighted by Crippen LogP contribution is -2.11. The second kappa shape index (κ2) is 44.5. The molecule has 13 heterocycles. The second-order valence-electron chi connectivity index (χ2n) is 30.0. The number of benzene rings is 5. The fraction of sp³-hybridized carbons (Fsp3) is 0.130. The summed E-state index contributed by atoms with van der Waals surface area (Å²) in [5.41, 5.74) is 15.7. The van der Waals surface area contributed by atoms with E-state index in [1.807, 2.05) is 241 Å². The molecular formula is C92H82Br4N10O16S14. The first-order valence-corrected chi connectivity index (χ1v) is 58.6. The van der Waals surface area contributed by atoms with Crippen molar-refractivity contribution >= 4 is 248 Å². The van der Waals surface area contributed by atoms with E-state index in [0.717, 1.165) is 130 Å². The molecule has 0 radical (unpaired) electrons. The van der Waals surface area contributed by atoms with E-state index >= 15 is 0 Å². The summed E-state index contributed by atoms with van der Waals surface area (Å²) < 4.78 is 189. The number of thiazole rings is 3. The van der Waals surface area contributed by atoms with Crippen molar-refractivity contribution < 1.29 is 68.2 Å². The van der Waals surface area contributed by atoms with Crippen molar-refractivity contribution in [2.75, 3.05) is 28.3 Å². The van der Waals surface area contributed by atoms with Crippen molar-refractivity contribution in [3.8, 4) is 62.9 Å². The predicted molar refractivity (Wildman–Crippen MR) is 566 cm³/mol. The van der Waals surface area contributed by atoms with Gasteiger partial charge in [0, 0.05) is 86.3 Å². The van der Waals surface area contributed by atoms with E-state index in [4.69, 9.17) is 17.7 Å². The number of aromatic nitrogens is 4. The highest BCUT2D eigenvalue weighted by Crippen LogP contribution is 2.42. The van der Waals surface area contributed by atoms with Gasteiger partial charge in [-0.3, -0.25) is 14.4 Å². The Morgan fingerprint density at radius 3 is 0.801 bits per heavy atom. The third-order valence-corrected chi connectivity index (χ3v) is 42.5. The molecule has 0 aliphatic carbocycles. The lowest BCUT2D eigenvalue weighted by atomic mass is 10.1. The molecular weight excluding hydrogens is 2270 g/mol. The average Bonchev–Trinajstić information content (AvgIpc) is 1.67. The topological polar surface area (TPSA) is 381 Å². The van der Waals surface area contributed by atoms with E-state index in [1.165, 1.54) is 117 Å². The van der Waals surface area contributed by atoms with E-state index in [9.17, 15) is 50.5 Å². The summed E-state index contributed by atoms with van der Waals surface area (Å²) in [5, 5.41) is 2.34. The zero-order chi connectivity index (χ0) is 97.9. The van der Waals surface area contributed by atoms with E-state index in [2.05, 4.69) is 112 Å². The van der Waals surface area contributed by atoms with Crippen LogP contribution in [0.1, 0.15) is 65.5 Å². The Labute approximate surface area is 853 Å². The molecule has 18 rings (SSSR count). The van der Waals surface area contributed by atoms with Crippen molar-refractivity contribution in [2.24, 2.45) is 0 Å². The molecule has 13 aromatic heterocycles. The Hall–Kier alpha value is -9.82. The normalized spacial score (nSPS) is 11.6. The zero-order valence-corrected chi connectivity index (χ0v) is 91.4. The third-order valence-electron chi connectivity index (χ3n) is 19.0. The molecule has 0 amide bonds. The van der Waals surface area contributed by atoms with Crippen molar-refractivity contribution in [2.45, 2.75) is 108 Å². The van der Waals surface area contributed by atoms with Gasteiger partial charge in [-0.15, -0.1) is 90.7 Å². The molecule has 0 aliphatic heterocycles. The van der Waals surface area contributed by atoms with Gasteiger partial charge < -0.3 is 17.7 Å². The number of thiophene rings is 5. The van der Waals surface area contributed by atoms with Gasteiger partial charge in [0.25, 0.3) is 60.1 Å². The number of rotatable bonds is 24. The third kappa shape index (κ3) is 27.0. The number of anilines is 6. The minimum Gasteiger partial charge on any atom is -0.446 e. The zero-order valence-electron chi connectivity index (χ0n) is 73.6. The lowest BCUT2D eigenvalue weighted by molar-refractivity contribution is 0.573. The van der Waals surface area contributed by atoms with Gasteiger partial charge in [0.2, 0.25) is 23.5 Å². The van der Waals surface area contributed by atoms with E-state index in [1.54, 1.807) is 48.8 Å². The lowest BCUT2D eigenvalue weighted by Gasteiger charge is -2.03. The summed E-state index contributed by atoms with van der Waals surface area (Å²) in [6.45, 7) is 23.1. The number of hydrogen-bond donors (Lipinski definition) is 6. The van der Waals surface area contributed by atoms with Crippen LogP contribution in [-0.4, -0.2) is 70.4 Å². The maximum absolute atomic E-state index is 12.5. The van der Waals surface area contributed by atoms with Crippen LogP contribution in [0.4, 0.5) is 33.7 Å². The van der Waals surface area contributed by atoms with E-state index in [0.29, 0.717) is 42.2 Å². The first kappa shape index (κ1) is 104. The minimum absolute atomic E-state index is 0.133. The van der Waals surface area contributed by atoms with Crippen LogP contribution >= 0.6 is 154 Å². The largest absolute Gasteiger partial charge is 0.446 e. The van der Waals surface area contributed by atoms with Gasteiger partial charge in [-0.25, -0.2) is 84.3 Å². The fourth-order valence-corrected chi connectivity index (χ4v) is 28.8. The molecule has 0 unspecified atom stereocenters. The van der Waals surface area contributed by atoms with Crippen LogP contribution in [0, 0.1) is 83.1 Å². The maximum Gasteiger partial charge on any atom is 0.275 e. The summed E-state index contributed by atoms with van der Waals surface area (Å²) >= 11 is 23.1. The van der Waals surface area contributed by atoms with Crippen LogP contribution in [0.3, 0.4) is 0 Å². The molecule has 6 N–H and O–H groups in total. The first-order valence-electron chi connectivity index (χ1n) is 40.0. The van der Waals surface area contributed by atoms with Gasteiger partial charge in [-0.05, 0) is 230 Å². The number of hydrogen-bond acceptors (Lipinski definition) is 28. The molecule has 708 valence electrons. The molecule has 0 atom stereocenters. The highest BCUT2D eigenvalue weighted by Gasteiger charge is 2.28. The van der Waals surface area contributed by atoms with Crippen LogP contribution < -0.4 is 28.3 Å². The maximum atomic E-state index is 12.5. The molecule has 0 saturated heterocycles. The summed E-state index contributed by atoms with van der Waals surface area (Å²) in [7, 11) is -21.9.